The standard InChI is InChI=1S/C12H16O3S/c1-4-5-6-15-9-7-10(8(2)3)16-11(9)12(13)14/h4,7-8H,1,5-6H2,2-3H3,(H,13,14). The van der Waals surface area contributed by atoms with Crippen LogP contribution < -0.4 is 4.74 Å². The minimum atomic E-state index is -0.925. The highest BCUT2D eigenvalue weighted by Crippen LogP contribution is 2.33. The molecule has 1 N–H and O–H groups in total. The summed E-state index contributed by atoms with van der Waals surface area (Å²) in [4.78, 5) is 12.3. The molecule has 0 radical (unpaired) electrons. The summed E-state index contributed by atoms with van der Waals surface area (Å²) >= 11 is 1.28. The SMILES string of the molecule is C=CCCOc1cc(C(C)C)sc1C(=O)O. The van der Waals surface area contributed by atoms with Crippen molar-refractivity contribution in [2.24, 2.45) is 0 Å². The Morgan fingerprint density at radius 3 is 2.88 bits per heavy atom. The van der Waals surface area contributed by atoms with Crippen molar-refractivity contribution >= 4 is 17.3 Å². The van der Waals surface area contributed by atoms with E-state index in [0.717, 1.165) is 4.88 Å². The average molecular weight is 240 g/mol. The lowest BCUT2D eigenvalue weighted by molar-refractivity contribution is 0.0698. The molecule has 88 valence electrons. The molecule has 1 aromatic rings. The first kappa shape index (κ1) is 12.8. The van der Waals surface area contributed by atoms with Gasteiger partial charge in [-0.3, -0.25) is 0 Å². The fraction of sp³-hybridized carbons (Fsp3) is 0.417. The zero-order valence-electron chi connectivity index (χ0n) is 9.53. The Labute approximate surface area is 99.4 Å². The average Bonchev–Trinajstić information content (AvgIpc) is 2.62. The highest BCUT2D eigenvalue weighted by atomic mass is 32.1. The molecule has 0 aliphatic carbocycles. The summed E-state index contributed by atoms with van der Waals surface area (Å²) in [5, 5.41) is 9.03. The minimum absolute atomic E-state index is 0.285. The summed E-state index contributed by atoms with van der Waals surface area (Å²) in [6.07, 6.45) is 2.46. The van der Waals surface area contributed by atoms with Crippen molar-refractivity contribution in [1.29, 1.82) is 0 Å². The Hall–Kier alpha value is -1.29. The molecule has 1 heterocycles. The topological polar surface area (TPSA) is 46.5 Å². The number of aromatic carboxylic acids is 1. The number of carboxylic acids is 1. The first-order valence-corrected chi connectivity index (χ1v) is 5.98. The Morgan fingerprint density at radius 2 is 2.38 bits per heavy atom. The molecular formula is C12H16O3S. The predicted molar refractivity (Wildman–Crippen MR) is 65.7 cm³/mol. The van der Waals surface area contributed by atoms with Crippen LogP contribution in [0.3, 0.4) is 0 Å². The van der Waals surface area contributed by atoms with E-state index in [1.165, 1.54) is 11.3 Å². The van der Waals surface area contributed by atoms with Gasteiger partial charge >= 0.3 is 5.97 Å². The maximum Gasteiger partial charge on any atom is 0.349 e. The van der Waals surface area contributed by atoms with Crippen molar-refractivity contribution in [2.75, 3.05) is 6.61 Å². The molecule has 0 unspecified atom stereocenters. The van der Waals surface area contributed by atoms with Gasteiger partial charge in [-0.15, -0.1) is 17.9 Å². The van der Waals surface area contributed by atoms with Crippen molar-refractivity contribution < 1.29 is 14.6 Å². The fourth-order valence-electron chi connectivity index (χ4n) is 1.19. The minimum Gasteiger partial charge on any atom is -0.491 e. The molecule has 16 heavy (non-hydrogen) atoms. The van der Waals surface area contributed by atoms with Crippen LogP contribution in [0.2, 0.25) is 0 Å². The van der Waals surface area contributed by atoms with Gasteiger partial charge in [0.05, 0.1) is 6.61 Å². The number of hydrogen-bond acceptors (Lipinski definition) is 3. The van der Waals surface area contributed by atoms with E-state index in [0.29, 0.717) is 24.7 Å². The van der Waals surface area contributed by atoms with Gasteiger partial charge in [-0.25, -0.2) is 4.79 Å². The zero-order valence-corrected chi connectivity index (χ0v) is 10.3. The summed E-state index contributed by atoms with van der Waals surface area (Å²) in [7, 11) is 0. The monoisotopic (exact) mass is 240 g/mol. The lowest BCUT2D eigenvalue weighted by Crippen LogP contribution is -2.00. The van der Waals surface area contributed by atoms with E-state index >= 15 is 0 Å². The van der Waals surface area contributed by atoms with Gasteiger partial charge in [-0.2, -0.15) is 0 Å². The number of carbonyl (C=O) groups is 1. The van der Waals surface area contributed by atoms with E-state index in [2.05, 4.69) is 6.58 Å². The zero-order chi connectivity index (χ0) is 12.1. The van der Waals surface area contributed by atoms with Crippen LogP contribution >= 0.6 is 11.3 Å². The molecule has 1 aromatic heterocycles. The van der Waals surface area contributed by atoms with E-state index in [1.54, 1.807) is 6.08 Å². The third kappa shape index (κ3) is 3.10. The van der Waals surface area contributed by atoms with Crippen LogP contribution in [0.15, 0.2) is 18.7 Å². The van der Waals surface area contributed by atoms with Crippen LogP contribution in [0.5, 0.6) is 5.75 Å². The molecule has 0 atom stereocenters. The Kier molecular flexibility index (Phi) is 4.55. The molecule has 0 aromatic carbocycles. The molecule has 0 bridgehead atoms. The molecule has 1 rings (SSSR count). The van der Waals surface area contributed by atoms with Gasteiger partial charge in [0.1, 0.15) is 5.75 Å². The highest BCUT2D eigenvalue weighted by molar-refractivity contribution is 7.14. The molecule has 0 amide bonds. The van der Waals surface area contributed by atoms with Crippen LogP contribution in [0.1, 0.15) is 40.7 Å². The second-order valence-electron chi connectivity index (χ2n) is 3.73. The molecule has 0 aliphatic heterocycles. The van der Waals surface area contributed by atoms with Crippen molar-refractivity contribution in [3.8, 4) is 5.75 Å². The lowest BCUT2D eigenvalue weighted by atomic mass is 10.2. The largest absolute Gasteiger partial charge is 0.491 e. The van der Waals surface area contributed by atoms with Crippen LogP contribution in [-0.4, -0.2) is 17.7 Å². The quantitative estimate of drug-likeness (QED) is 0.611. The van der Waals surface area contributed by atoms with Crippen LogP contribution in [-0.2, 0) is 0 Å². The number of carboxylic acid groups (broad SMARTS) is 1. The first-order chi connectivity index (χ1) is 7.56. The van der Waals surface area contributed by atoms with Crippen molar-refractivity contribution in [3.05, 3.63) is 28.5 Å². The second-order valence-corrected chi connectivity index (χ2v) is 4.81. The molecule has 0 spiro atoms. The van der Waals surface area contributed by atoms with Crippen molar-refractivity contribution in [3.63, 3.8) is 0 Å². The van der Waals surface area contributed by atoms with Crippen LogP contribution in [0.4, 0.5) is 0 Å². The summed E-state index contributed by atoms with van der Waals surface area (Å²) < 4.78 is 5.43. The van der Waals surface area contributed by atoms with E-state index in [1.807, 2.05) is 19.9 Å². The molecule has 0 saturated carbocycles. The Balaban J connectivity index is 2.87. The number of hydrogen-bond donors (Lipinski definition) is 1. The third-order valence-corrected chi connectivity index (χ3v) is 3.46. The summed E-state index contributed by atoms with van der Waals surface area (Å²) in [5.41, 5.74) is 0. The molecule has 4 heteroatoms. The first-order valence-electron chi connectivity index (χ1n) is 5.17. The van der Waals surface area contributed by atoms with Crippen molar-refractivity contribution in [1.82, 2.24) is 0 Å². The lowest BCUT2D eigenvalue weighted by Gasteiger charge is -2.02. The van der Waals surface area contributed by atoms with Crippen LogP contribution in [0, 0.1) is 0 Å². The van der Waals surface area contributed by atoms with Gasteiger partial charge in [0.2, 0.25) is 0 Å². The molecule has 0 aliphatic rings. The molecular weight excluding hydrogens is 224 g/mol. The summed E-state index contributed by atoms with van der Waals surface area (Å²) in [6, 6.07) is 1.82. The number of rotatable bonds is 6. The number of thiophene rings is 1. The Morgan fingerprint density at radius 1 is 1.69 bits per heavy atom. The molecule has 3 nitrogen and oxygen atoms in total. The van der Waals surface area contributed by atoms with E-state index in [9.17, 15) is 4.79 Å². The van der Waals surface area contributed by atoms with Gasteiger partial charge in [0, 0.05) is 4.88 Å². The van der Waals surface area contributed by atoms with E-state index in [-0.39, 0.29) is 4.88 Å². The third-order valence-electron chi connectivity index (χ3n) is 2.06. The smallest absolute Gasteiger partial charge is 0.349 e. The van der Waals surface area contributed by atoms with Gasteiger partial charge < -0.3 is 9.84 Å². The summed E-state index contributed by atoms with van der Waals surface area (Å²) in [6.45, 7) is 8.12. The fourth-order valence-corrected chi connectivity index (χ4v) is 2.13. The van der Waals surface area contributed by atoms with Gasteiger partial charge in [-0.1, -0.05) is 19.9 Å². The second kappa shape index (κ2) is 5.70. The maximum atomic E-state index is 11.0. The van der Waals surface area contributed by atoms with E-state index < -0.39 is 5.97 Å². The molecule has 0 saturated heterocycles. The highest BCUT2D eigenvalue weighted by Gasteiger charge is 2.17. The van der Waals surface area contributed by atoms with E-state index in [4.69, 9.17) is 9.84 Å². The maximum absolute atomic E-state index is 11.0. The normalized spacial score (nSPS) is 10.4. The van der Waals surface area contributed by atoms with Crippen molar-refractivity contribution in [2.45, 2.75) is 26.2 Å². The predicted octanol–water partition coefficient (Wildman–Crippen LogP) is 3.52. The Bertz CT molecular complexity index is 380. The van der Waals surface area contributed by atoms with Gasteiger partial charge in [-0.05, 0) is 18.4 Å². The van der Waals surface area contributed by atoms with Crippen LogP contribution in [0.25, 0.3) is 0 Å². The summed E-state index contributed by atoms with van der Waals surface area (Å²) in [5.74, 6) is -0.131. The number of ether oxygens (including phenoxy) is 1. The molecule has 0 fully saturated rings. The van der Waals surface area contributed by atoms with Gasteiger partial charge in [0.15, 0.2) is 4.88 Å². The van der Waals surface area contributed by atoms with Gasteiger partial charge in [0.25, 0.3) is 0 Å².